The normalized spacial score (nSPS) is 10.4. The van der Waals surface area contributed by atoms with Crippen molar-refractivity contribution >= 4 is 37.5 Å². The van der Waals surface area contributed by atoms with Gasteiger partial charge in [-0.15, -0.1) is 0 Å². The third-order valence-electron chi connectivity index (χ3n) is 2.77. The Labute approximate surface area is 136 Å². The summed E-state index contributed by atoms with van der Waals surface area (Å²) in [7, 11) is 0. The van der Waals surface area contributed by atoms with Gasteiger partial charge in [-0.2, -0.15) is 0 Å². The number of rotatable bonds is 5. The molecule has 0 atom stereocenters. The predicted octanol–water partition coefficient (Wildman–Crippen LogP) is 4.93. The first-order chi connectivity index (χ1) is 9.60. The Kier molecular flexibility index (Phi) is 5.43. The van der Waals surface area contributed by atoms with Crippen LogP contribution in [-0.4, -0.2) is 11.6 Å². The molecule has 0 saturated heterocycles. The van der Waals surface area contributed by atoms with Gasteiger partial charge in [0, 0.05) is 22.3 Å². The average Bonchev–Trinajstić information content (AvgIpc) is 2.41. The number of pyridine rings is 1. The molecule has 0 aliphatic heterocycles. The third kappa shape index (κ3) is 3.96. The molecule has 5 heteroatoms. The maximum absolute atomic E-state index is 5.71. The van der Waals surface area contributed by atoms with Gasteiger partial charge < -0.3 is 10.1 Å². The zero-order valence-corrected chi connectivity index (χ0v) is 14.6. The van der Waals surface area contributed by atoms with Gasteiger partial charge in [-0.1, -0.05) is 15.9 Å². The number of hydrogen-bond acceptors (Lipinski definition) is 3. The molecule has 20 heavy (non-hydrogen) atoms. The van der Waals surface area contributed by atoms with Crippen molar-refractivity contribution in [1.82, 2.24) is 4.98 Å². The lowest BCUT2D eigenvalue weighted by Gasteiger charge is -2.14. The van der Waals surface area contributed by atoms with E-state index in [-0.39, 0.29) is 0 Å². The number of benzene rings is 1. The molecule has 2 rings (SSSR count). The summed E-state index contributed by atoms with van der Waals surface area (Å²) in [5.74, 6) is 0.878. The van der Waals surface area contributed by atoms with E-state index in [1.165, 1.54) is 0 Å². The van der Waals surface area contributed by atoms with E-state index < -0.39 is 0 Å². The quantitative estimate of drug-likeness (QED) is 0.774. The van der Waals surface area contributed by atoms with Crippen LogP contribution in [0.2, 0.25) is 0 Å². The molecule has 2 aromatic rings. The summed E-state index contributed by atoms with van der Waals surface area (Å²) in [5, 5.41) is 3.36. The molecule has 0 bridgehead atoms. The third-order valence-corrected chi connectivity index (χ3v) is 3.82. The van der Waals surface area contributed by atoms with Gasteiger partial charge in [0.2, 0.25) is 0 Å². The van der Waals surface area contributed by atoms with Gasteiger partial charge in [-0.05, 0) is 54.0 Å². The average molecular weight is 400 g/mol. The van der Waals surface area contributed by atoms with Crippen molar-refractivity contribution in [3.63, 3.8) is 0 Å². The number of nitrogens with zero attached hydrogens (tertiary/aromatic N) is 1. The highest BCUT2D eigenvalue weighted by molar-refractivity contribution is 9.11. The SMILES string of the molecule is CCOc1c(Br)cc(Br)cc1CNc1ccc(C)nc1. The monoisotopic (exact) mass is 398 g/mol. The van der Waals surface area contributed by atoms with Crippen molar-refractivity contribution in [3.05, 3.63) is 50.7 Å². The van der Waals surface area contributed by atoms with Crippen molar-refractivity contribution < 1.29 is 4.74 Å². The number of anilines is 1. The topological polar surface area (TPSA) is 34.1 Å². The van der Waals surface area contributed by atoms with Crippen LogP contribution in [0.3, 0.4) is 0 Å². The van der Waals surface area contributed by atoms with Crippen molar-refractivity contribution in [2.75, 3.05) is 11.9 Å². The summed E-state index contributed by atoms with van der Waals surface area (Å²) < 4.78 is 7.68. The van der Waals surface area contributed by atoms with Crippen molar-refractivity contribution in [1.29, 1.82) is 0 Å². The van der Waals surface area contributed by atoms with Crippen molar-refractivity contribution in [2.45, 2.75) is 20.4 Å². The minimum atomic E-state index is 0.638. The van der Waals surface area contributed by atoms with Crippen molar-refractivity contribution in [2.24, 2.45) is 0 Å². The molecule has 0 aliphatic carbocycles. The van der Waals surface area contributed by atoms with Crippen LogP contribution in [0.25, 0.3) is 0 Å². The molecule has 106 valence electrons. The number of aryl methyl sites for hydroxylation is 1. The summed E-state index contributed by atoms with van der Waals surface area (Å²) in [4.78, 5) is 4.27. The van der Waals surface area contributed by atoms with E-state index in [0.29, 0.717) is 13.2 Å². The highest BCUT2D eigenvalue weighted by Gasteiger charge is 2.10. The molecule has 0 aliphatic rings. The Balaban J connectivity index is 2.17. The highest BCUT2D eigenvalue weighted by atomic mass is 79.9. The van der Waals surface area contributed by atoms with Crippen LogP contribution in [0.5, 0.6) is 5.75 Å². The minimum Gasteiger partial charge on any atom is -0.492 e. The zero-order valence-electron chi connectivity index (χ0n) is 11.4. The Morgan fingerprint density at radius 1 is 1.25 bits per heavy atom. The lowest BCUT2D eigenvalue weighted by molar-refractivity contribution is 0.334. The standard InChI is InChI=1S/C15H16Br2N2O/c1-3-20-15-11(6-12(16)7-14(15)17)8-19-13-5-4-10(2)18-9-13/h4-7,9,19H,3,8H2,1-2H3. The van der Waals surface area contributed by atoms with Gasteiger partial charge in [0.1, 0.15) is 5.75 Å². The summed E-state index contributed by atoms with van der Waals surface area (Å²) in [5.41, 5.74) is 3.10. The molecule has 0 saturated carbocycles. The molecule has 3 nitrogen and oxygen atoms in total. The second-order valence-electron chi connectivity index (χ2n) is 4.35. The first-order valence-corrected chi connectivity index (χ1v) is 7.96. The second-order valence-corrected chi connectivity index (χ2v) is 6.12. The first kappa shape index (κ1) is 15.3. The maximum atomic E-state index is 5.71. The largest absolute Gasteiger partial charge is 0.492 e. The minimum absolute atomic E-state index is 0.638. The molecule has 0 unspecified atom stereocenters. The van der Waals surface area contributed by atoms with Crippen LogP contribution in [0.4, 0.5) is 5.69 Å². The van der Waals surface area contributed by atoms with E-state index >= 15 is 0 Å². The van der Waals surface area contributed by atoms with Crippen LogP contribution in [0, 0.1) is 6.92 Å². The highest BCUT2D eigenvalue weighted by Crippen LogP contribution is 2.33. The van der Waals surface area contributed by atoms with Crippen molar-refractivity contribution in [3.8, 4) is 5.75 Å². The molecule has 0 spiro atoms. The molecular weight excluding hydrogens is 384 g/mol. The predicted molar refractivity (Wildman–Crippen MR) is 89.3 cm³/mol. The fourth-order valence-corrected chi connectivity index (χ4v) is 3.25. The molecule has 1 aromatic heterocycles. The number of nitrogens with one attached hydrogen (secondary N) is 1. The Bertz CT molecular complexity index is 585. The van der Waals surface area contributed by atoms with E-state index in [4.69, 9.17) is 4.74 Å². The Hall–Kier alpha value is -1.07. The van der Waals surface area contributed by atoms with Crippen LogP contribution in [-0.2, 0) is 6.54 Å². The van der Waals surface area contributed by atoms with E-state index in [1.807, 2.05) is 38.2 Å². The maximum Gasteiger partial charge on any atom is 0.138 e. The lowest BCUT2D eigenvalue weighted by Crippen LogP contribution is -2.04. The summed E-state index contributed by atoms with van der Waals surface area (Å²) in [6, 6.07) is 8.06. The van der Waals surface area contributed by atoms with Gasteiger partial charge in [-0.25, -0.2) is 0 Å². The Morgan fingerprint density at radius 3 is 2.70 bits per heavy atom. The number of hydrogen-bond donors (Lipinski definition) is 1. The van der Waals surface area contributed by atoms with Gasteiger partial charge in [-0.3, -0.25) is 4.98 Å². The van der Waals surface area contributed by atoms with E-state index in [1.54, 1.807) is 0 Å². The molecule has 1 N–H and O–H groups in total. The van der Waals surface area contributed by atoms with Gasteiger partial charge in [0.05, 0.1) is 23.0 Å². The van der Waals surface area contributed by atoms with E-state index in [0.717, 1.165) is 31.6 Å². The smallest absolute Gasteiger partial charge is 0.138 e. The fraction of sp³-hybridized carbons (Fsp3) is 0.267. The van der Waals surface area contributed by atoms with E-state index in [2.05, 4.69) is 48.2 Å². The van der Waals surface area contributed by atoms with Gasteiger partial charge in [0.25, 0.3) is 0 Å². The molecule has 0 radical (unpaired) electrons. The first-order valence-electron chi connectivity index (χ1n) is 6.37. The van der Waals surface area contributed by atoms with Gasteiger partial charge in [0.15, 0.2) is 0 Å². The van der Waals surface area contributed by atoms with Crippen LogP contribution < -0.4 is 10.1 Å². The summed E-state index contributed by atoms with van der Waals surface area (Å²) in [6.07, 6.45) is 1.84. The van der Waals surface area contributed by atoms with Gasteiger partial charge >= 0.3 is 0 Å². The van der Waals surface area contributed by atoms with Crippen LogP contribution in [0.1, 0.15) is 18.2 Å². The summed E-state index contributed by atoms with van der Waals surface area (Å²) in [6.45, 7) is 5.27. The molecule has 0 amide bonds. The molecule has 1 aromatic carbocycles. The second kappa shape index (κ2) is 7.09. The fourth-order valence-electron chi connectivity index (χ4n) is 1.82. The zero-order chi connectivity index (χ0) is 14.5. The molecular formula is C15H16Br2N2O. The number of ether oxygens (including phenoxy) is 1. The molecule has 0 fully saturated rings. The van der Waals surface area contributed by atoms with Crippen LogP contribution in [0.15, 0.2) is 39.4 Å². The molecule has 1 heterocycles. The van der Waals surface area contributed by atoms with E-state index in [9.17, 15) is 0 Å². The number of halogens is 2. The van der Waals surface area contributed by atoms with Crippen LogP contribution >= 0.6 is 31.9 Å². The summed E-state index contributed by atoms with van der Waals surface area (Å²) >= 11 is 7.05. The number of aromatic nitrogens is 1. The lowest BCUT2D eigenvalue weighted by atomic mass is 10.2. The Morgan fingerprint density at radius 2 is 2.05 bits per heavy atom.